The van der Waals surface area contributed by atoms with Crippen LogP contribution in [0.2, 0.25) is 0 Å². The Hall–Kier alpha value is -2.51. The van der Waals surface area contributed by atoms with Crippen LogP contribution in [0.25, 0.3) is 0 Å². The second kappa shape index (κ2) is 6.78. The third kappa shape index (κ3) is 3.08. The molecule has 2 aliphatic heterocycles. The molecule has 1 fully saturated rings. The fraction of sp³-hybridized carbons (Fsp3) is 0.588. The summed E-state index contributed by atoms with van der Waals surface area (Å²) in [5.74, 6) is 2.93. The predicted octanol–water partition coefficient (Wildman–Crippen LogP) is 1.19. The molecule has 0 aromatic carbocycles. The van der Waals surface area contributed by atoms with E-state index < -0.39 is 0 Å². The van der Waals surface area contributed by atoms with E-state index in [1.165, 1.54) is 7.11 Å². The van der Waals surface area contributed by atoms with Gasteiger partial charge in [0, 0.05) is 44.4 Å². The van der Waals surface area contributed by atoms with Gasteiger partial charge in [-0.2, -0.15) is 0 Å². The number of anilines is 1. The van der Waals surface area contributed by atoms with Crippen molar-refractivity contribution in [2.75, 3.05) is 25.1 Å². The van der Waals surface area contributed by atoms with E-state index in [0.717, 1.165) is 56.5 Å². The molecule has 4 rings (SSSR count). The van der Waals surface area contributed by atoms with E-state index >= 15 is 0 Å². The number of aromatic nitrogens is 5. The summed E-state index contributed by atoms with van der Waals surface area (Å²) >= 11 is 0. The standard InChI is InChI=1S/C17H22N6O2/c1-25-16(24)13-5-10-23-14(11-13)20-21-15(23)12-3-8-22(9-4-12)17-18-6-2-7-19-17/h2,6-7,12-13H,3-5,8-11H2,1H3. The zero-order valence-electron chi connectivity index (χ0n) is 14.3. The molecule has 2 aliphatic rings. The molecule has 0 amide bonds. The second-order valence-electron chi connectivity index (χ2n) is 6.65. The van der Waals surface area contributed by atoms with Crippen molar-refractivity contribution in [1.82, 2.24) is 24.7 Å². The van der Waals surface area contributed by atoms with Crippen LogP contribution in [0.1, 0.15) is 36.8 Å². The van der Waals surface area contributed by atoms with Gasteiger partial charge >= 0.3 is 5.97 Å². The van der Waals surface area contributed by atoms with Crippen molar-refractivity contribution in [3.05, 3.63) is 30.1 Å². The first-order valence-electron chi connectivity index (χ1n) is 8.78. The van der Waals surface area contributed by atoms with Crippen molar-refractivity contribution in [2.24, 2.45) is 5.92 Å². The molecule has 25 heavy (non-hydrogen) atoms. The first-order chi connectivity index (χ1) is 12.3. The van der Waals surface area contributed by atoms with Crippen molar-refractivity contribution in [1.29, 1.82) is 0 Å². The Morgan fingerprint density at radius 2 is 1.88 bits per heavy atom. The lowest BCUT2D eigenvalue weighted by atomic mass is 9.94. The average molecular weight is 342 g/mol. The van der Waals surface area contributed by atoms with Gasteiger partial charge in [0.25, 0.3) is 0 Å². The summed E-state index contributed by atoms with van der Waals surface area (Å²) in [7, 11) is 1.44. The predicted molar refractivity (Wildman–Crippen MR) is 90.1 cm³/mol. The molecule has 8 heteroatoms. The molecule has 0 spiro atoms. The van der Waals surface area contributed by atoms with Gasteiger partial charge in [0.05, 0.1) is 13.0 Å². The highest BCUT2D eigenvalue weighted by atomic mass is 16.5. The maximum atomic E-state index is 11.8. The van der Waals surface area contributed by atoms with E-state index in [1.54, 1.807) is 12.4 Å². The zero-order chi connectivity index (χ0) is 17.2. The van der Waals surface area contributed by atoms with Gasteiger partial charge in [0.1, 0.15) is 11.6 Å². The van der Waals surface area contributed by atoms with Crippen LogP contribution in [0.15, 0.2) is 18.5 Å². The van der Waals surface area contributed by atoms with Crippen LogP contribution >= 0.6 is 0 Å². The van der Waals surface area contributed by atoms with Gasteiger partial charge in [-0.1, -0.05) is 0 Å². The second-order valence-corrected chi connectivity index (χ2v) is 6.65. The molecule has 4 heterocycles. The van der Waals surface area contributed by atoms with E-state index in [4.69, 9.17) is 4.74 Å². The van der Waals surface area contributed by atoms with Gasteiger partial charge in [0.15, 0.2) is 0 Å². The smallest absolute Gasteiger partial charge is 0.309 e. The van der Waals surface area contributed by atoms with E-state index in [2.05, 4.69) is 29.6 Å². The molecular formula is C17H22N6O2. The van der Waals surface area contributed by atoms with E-state index in [-0.39, 0.29) is 11.9 Å². The van der Waals surface area contributed by atoms with Gasteiger partial charge in [-0.05, 0) is 25.3 Å². The highest BCUT2D eigenvalue weighted by Gasteiger charge is 2.32. The Morgan fingerprint density at radius 1 is 1.12 bits per heavy atom. The fourth-order valence-electron chi connectivity index (χ4n) is 3.81. The third-order valence-electron chi connectivity index (χ3n) is 5.22. The summed E-state index contributed by atoms with van der Waals surface area (Å²) in [5.41, 5.74) is 0. The molecule has 132 valence electrons. The van der Waals surface area contributed by atoms with Crippen LogP contribution in [-0.4, -0.2) is 50.9 Å². The van der Waals surface area contributed by atoms with Crippen molar-refractivity contribution >= 4 is 11.9 Å². The largest absolute Gasteiger partial charge is 0.469 e. The molecule has 0 bridgehead atoms. The molecule has 0 N–H and O–H groups in total. The molecule has 2 aromatic heterocycles. The van der Waals surface area contributed by atoms with Gasteiger partial charge in [-0.25, -0.2) is 9.97 Å². The maximum Gasteiger partial charge on any atom is 0.309 e. The normalized spacial score (nSPS) is 21.0. The molecule has 1 unspecified atom stereocenters. The van der Waals surface area contributed by atoms with Crippen LogP contribution in [0.4, 0.5) is 5.95 Å². The number of rotatable bonds is 3. The summed E-state index contributed by atoms with van der Waals surface area (Å²) in [6, 6.07) is 1.83. The number of nitrogens with zero attached hydrogens (tertiary/aromatic N) is 6. The van der Waals surface area contributed by atoms with Crippen LogP contribution in [0, 0.1) is 5.92 Å². The summed E-state index contributed by atoms with van der Waals surface area (Å²) in [4.78, 5) is 22.6. The number of carbonyl (C=O) groups is 1. The minimum Gasteiger partial charge on any atom is -0.469 e. The Labute approximate surface area is 146 Å². The van der Waals surface area contributed by atoms with Crippen LogP contribution < -0.4 is 4.90 Å². The van der Waals surface area contributed by atoms with Crippen molar-refractivity contribution in [3.63, 3.8) is 0 Å². The quantitative estimate of drug-likeness (QED) is 0.774. The van der Waals surface area contributed by atoms with Crippen molar-refractivity contribution in [3.8, 4) is 0 Å². The van der Waals surface area contributed by atoms with Crippen molar-refractivity contribution in [2.45, 2.75) is 38.1 Å². The van der Waals surface area contributed by atoms with Gasteiger partial charge in [0.2, 0.25) is 5.95 Å². The number of fused-ring (bicyclic) bond motifs is 1. The molecule has 8 nitrogen and oxygen atoms in total. The molecule has 0 aliphatic carbocycles. The topological polar surface area (TPSA) is 86.0 Å². The highest BCUT2D eigenvalue weighted by Crippen LogP contribution is 2.31. The molecular weight excluding hydrogens is 320 g/mol. The summed E-state index contributed by atoms with van der Waals surface area (Å²) in [6.07, 6.45) is 6.99. The number of hydrogen-bond acceptors (Lipinski definition) is 7. The minimum atomic E-state index is -0.146. The summed E-state index contributed by atoms with van der Waals surface area (Å²) in [5, 5.41) is 8.79. The Bertz CT molecular complexity index is 739. The number of hydrogen-bond donors (Lipinski definition) is 0. The molecule has 0 radical (unpaired) electrons. The van der Waals surface area contributed by atoms with Gasteiger partial charge in [-0.15, -0.1) is 10.2 Å². The van der Waals surface area contributed by atoms with Crippen molar-refractivity contribution < 1.29 is 9.53 Å². The fourth-order valence-corrected chi connectivity index (χ4v) is 3.81. The average Bonchev–Trinajstić information content (AvgIpc) is 3.11. The number of esters is 1. The number of piperidine rings is 1. The monoisotopic (exact) mass is 342 g/mol. The lowest BCUT2D eigenvalue weighted by Crippen LogP contribution is -2.35. The van der Waals surface area contributed by atoms with Gasteiger partial charge < -0.3 is 14.2 Å². The van der Waals surface area contributed by atoms with E-state index in [0.29, 0.717) is 12.3 Å². The first kappa shape index (κ1) is 16.0. The summed E-state index contributed by atoms with van der Waals surface area (Å²) < 4.78 is 7.08. The lowest BCUT2D eigenvalue weighted by Gasteiger charge is -2.32. The van der Waals surface area contributed by atoms with Crippen LogP contribution in [-0.2, 0) is 22.5 Å². The van der Waals surface area contributed by atoms with E-state index in [9.17, 15) is 4.79 Å². The number of carbonyl (C=O) groups excluding carboxylic acids is 1. The SMILES string of the molecule is COC(=O)C1CCn2c(nnc2C2CCN(c3ncccn3)CC2)C1. The van der Waals surface area contributed by atoms with Gasteiger partial charge in [-0.3, -0.25) is 4.79 Å². The Balaban J connectivity index is 1.43. The van der Waals surface area contributed by atoms with Crippen LogP contribution in [0.3, 0.4) is 0 Å². The summed E-state index contributed by atoms with van der Waals surface area (Å²) in [6.45, 7) is 2.63. The minimum absolute atomic E-state index is 0.0911. The Morgan fingerprint density at radius 3 is 2.60 bits per heavy atom. The maximum absolute atomic E-state index is 11.8. The molecule has 1 atom stereocenters. The Kier molecular flexibility index (Phi) is 4.33. The lowest BCUT2D eigenvalue weighted by molar-refractivity contribution is -0.146. The molecule has 1 saturated heterocycles. The van der Waals surface area contributed by atoms with Crippen LogP contribution in [0.5, 0.6) is 0 Å². The third-order valence-corrected chi connectivity index (χ3v) is 5.22. The number of methoxy groups -OCH3 is 1. The van der Waals surface area contributed by atoms with E-state index in [1.807, 2.05) is 6.07 Å². The zero-order valence-corrected chi connectivity index (χ0v) is 14.3. The highest BCUT2D eigenvalue weighted by molar-refractivity contribution is 5.72. The molecule has 0 saturated carbocycles. The number of ether oxygens (including phenoxy) is 1. The first-order valence-corrected chi connectivity index (χ1v) is 8.78. The molecule has 2 aromatic rings.